The van der Waals surface area contributed by atoms with E-state index in [2.05, 4.69) is 14.7 Å². The second-order valence-corrected chi connectivity index (χ2v) is 4.31. The molecule has 21 heavy (non-hydrogen) atoms. The average Bonchev–Trinajstić information content (AvgIpc) is 2.55. The second-order valence-electron chi connectivity index (χ2n) is 4.31. The van der Waals surface area contributed by atoms with Crippen LogP contribution in [0.1, 0.15) is 10.5 Å². The van der Waals surface area contributed by atoms with Gasteiger partial charge in [0.25, 0.3) is 0 Å². The molecule has 5 heteroatoms. The van der Waals surface area contributed by atoms with Crippen LogP contribution in [0.2, 0.25) is 0 Å². The predicted molar refractivity (Wildman–Crippen MR) is 77.4 cm³/mol. The van der Waals surface area contributed by atoms with Crippen LogP contribution in [-0.2, 0) is 4.74 Å². The number of carbonyl (C=O) groups excluding carboxylic acids is 1. The van der Waals surface area contributed by atoms with Gasteiger partial charge in [0.1, 0.15) is 5.75 Å². The molecular weight excluding hydrogens is 268 g/mol. The van der Waals surface area contributed by atoms with E-state index in [0.29, 0.717) is 5.75 Å². The van der Waals surface area contributed by atoms with Crippen LogP contribution in [0.4, 0.5) is 0 Å². The minimum absolute atomic E-state index is 0.107. The number of hydrogen-bond donors (Lipinski definition) is 0. The number of fused-ring (bicyclic) bond motifs is 1. The van der Waals surface area contributed by atoms with E-state index in [-0.39, 0.29) is 11.6 Å². The topological polar surface area (TPSA) is 61.3 Å². The van der Waals surface area contributed by atoms with E-state index in [1.807, 2.05) is 42.5 Å². The van der Waals surface area contributed by atoms with Gasteiger partial charge in [-0.1, -0.05) is 36.4 Å². The smallest absolute Gasteiger partial charge is 0.358 e. The third-order valence-corrected chi connectivity index (χ3v) is 2.97. The Kier molecular flexibility index (Phi) is 3.47. The van der Waals surface area contributed by atoms with E-state index in [9.17, 15) is 4.79 Å². The highest BCUT2D eigenvalue weighted by atomic mass is 16.5. The largest absolute Gasteiger partial charge is 0.464 e. The maximum Gasteiger partial charge on any atom is 0.358 e. The lowest BCUT2D eigenvalue weighted by atomic mass is 10.1. The maximum absolute atomic E-state index is 11.5. The molecule has 0 fully saturated rings. The first kappa shape index (κ1) is 13.1. The van der Waals surface area contributed by atoms with Crippen LogP contribution in [0.3, 0.4) is 0 Å². The normalized spacial score (nSPS) is 10.3. The number of rotatable bonds is 3. The Bertz CT molecular complexity index is 797. The maximum atomic E-state index is 11.5. The molecule has 104 valence electrons. The first-order valence-electron chi connectivity index (χ1n) is 6.34. The Morgan fingerprint density at radius 1 is 1.05 bits per heavy atom. The highest BCUT2D eigenvalue weighted by Crippen LogP contribution is 2.28. The van der Waals surface area contributed by atoms with Crippen molar-refractivity contribution in [3.63, 3.8) is 0 Å². The van der Waals surface area contributed by atoms with Gasteiger partial charge < -0.3 is 9.47 Å². The Morgan fingerprint density at radius 2 is 1.86 bits per heavy atom. The molecule has 0 saturated carbocycles. The molecule has 0 spiro atoms. The Hall–Kier alpha value is -2.95. The van der Waals surface area contributed by atoms with Crippen LogP contribution in [0.15, 0.2) is 54.9 Å². The van der Waals surface area contributed by atoms with E-state index in [4.69, 9.17) is 4.74 Å². The summed E-state index contributed by atoms with van der Waals surface area (Å²) < 4.78 is 10.4. The lowest BCUT2D eigenvalue weighted by Gasteiger charge is -2.08. The fourth-order valence-corrected chi connectivity index (χ4v) is 2.00. The van der Waals surface area contributed by atoms with Crippen molar-refractivity contribution in [2.45, 2.75) is 0 Å². The van der Waals surface area contributed by atoms with Gasteiger partial charge in [0.15, 0.2) is 5.69 Å². The highest BCUT2D eigenvalue weighted by molar-refractivity contribution is 5.88. The summed E-state index contributed by atoms with van der Waals surface area (Å²) >= 11 is 0. The van der Waals surface area contributed by atoms with Crippen LogP contribution in [0.25, 0.3) is 10.8 Å². The first-order valence-corrected chi connectivity index (χ1v) is 6.34. The first-order chi connectivity index (χ1) is 10.3. The minimum Gasteiger partial charge on any atom is -0.464 e. The fraction of sp³-hybridized carbons (Fsp3) is 0.0625. The molecule has 3 rings (SSSR count). The van der Waals surface area contributed by atoms with Crippen molar-refractivity contribution in [3.8, 4) is 11.6 Å². The number of hydrogen-bond acceptors (Lipinski definition) is 5. The molecule has 3 aromatic rings. The van der Waals surface area contributed by atoms with Crippen molar-refractivity contribution < 1.29 is 14.3 Å². The van der Waals surface area contributed by atoms with Crippen LogP contribution in [-0.4, -0.2) is 23.0 Å². The number of benzene rings is 2. The zero-order valence-electron chi connectivity index (χ0n) is 11.3. The van der Waals surface area contributed by atoms with Gasteiger partial charge in [-0.3, -0.25) is 4.98 Å². The van der Waals surface area contributed by atoms with Crippen molar-refractivity contribution in [1.29, 1.82) is 0 Å². The summed E-state index contributed by atoms with van der Waals surface area (Å²) in [5, 5.41) is 2.03. The molecule has 0 bridgehead atoms. The molecule has 0 aliphatic carbocycles. The molecule has 0 saturated heterocycles. The summed E-state index contributed by atoms with van der Waals surface area (Å²) in [4.78, 5) is 19.5. The number of methoxy groups -OCH3 is 1. The average molecular weight is 280 g/mol. The highest BCUT2D eigenvalue weighted by Gasteiger charge is 2.10. The number of aromatic nitrogens is 2. The third kappa shape index (κ3) is 2.67. The molecule has 5 nitrogen and oxygen atoms in total. The molecule has 0 atom stereocenters. The van der Waals surface area contributed by atoms with Crippen LogP contribution < -0.4 is 4.74 Å². The zero-order chi connectivity index (χ0) is 14.7. The summed E-state index contributed by atoms with van der Waals surface area (Å²) in [5.74, 6) is 0.351. The van der Waals surface area contributed by atoms with Gasteiger partial charge in [-0.05, 0) is 11.5 Å². The quantitative estimate of drug-likeness (QED) is 0.689. The van der Waals surface area contributed by atoms with Gasteiger partial charge in [0, 0.05) is 5.39 Å². The molecule has 2 aromatic carbocycles. The number of esters is 1. The van der Waals surface area contributed by atoms with Gasteiger partial charge in [-0.2, -0.15) is 0 Å². The Balaban J connectivity index is 1.97. The lowest BCUT2D eigenvalue weighted by molar-refractivity contribution is 0.0592. The number of nitrogens with zero attached hydrogens (tertiary/aromatic N) is 2. The van der Waals surface area contributed by atoms with Crippen molar-refractivity contribution >= 4 is 16.7 Å². The van der Waals surface area contributed by atoms with Crippen molar-refractivity contribution in [2.75, 3.05) is 7.11 Å². The van der Waals surface area contributed by atoms with E-state index in [1.165, 1.54) is 19.5 Å². The van der Waals surface area contributed by atoms with Crippen molar-refractivity contribution in [2.24, 2.45) is 0 Å². The summed E-state index contributed by atoms with van der Waals surface area (Å²) in [7, 11) is 1.29. The predicted octanol–water partition coefficient (Wildman–Crippen LogP) is 3.21. The van der Waals surface area contributed by atoms with Crippen LogP contribution >= 0.6 is 0 Å². The molecule has 0 aliphatic heterocycles. The Labute approximate surface area is 121 Å². The number of carbonyl (C=O) groups is 1. The minimum atomic E-state index is -0.550. The van der Waals surface area contributed by atoms with Gasteiger partial charge in [0.05, 0.1) is 19.5 Å². The van der Waals surface area contributed by atoms with E-state index >= 15 is 0 Å². The standard InChI is InChI=1S/C16H12N2O3/c1-20-16(19)13-9-17-10-15(18-13)21-14-8-4-6-11-5-2-3-7-12(11)14/h2-10H,1H3. The molecule has 0 aliphatic rings. The lowest BCUT2D eigenvalue weighted by Crippen LogP contribution is -2.05. The SMILES string of the molecule is COC(=O)c1cncc(Oc2cccc3ccccc23)n1. The summed E-state index contributed by atoms with van der Waals surface area (Å²) in [6.45, 7) is 0. The molecule has 0 unspecified atom stereocenters. The number of ether oxygens (including phenoxy) is 2. The molecular formula is C16H12N2O3. The molecule has 1 heterocycles. The van der Waals surface area contributed by atoms with Crippen molar-refractivity contribution in [3.05, 3.63) is 60.6 Å². The van der Waals surface area contributed by atoms with Gasteiger partial charge >= 0.3 is 5.97 Å². The monoisotopic (exact) mass is 280 g/mol. The fourth-order valence-electron chi connectivity index (χ4n) is 2.00. The Morgan fingerprint density at radius 3 is 2.71 bits per heavy atom. The molecule has 0 amide bonds. The summed E-state index contributed by atoms with van der Waals surface area (Å²) in [6, 6.07) is 13.6. The zero-order valence-corrected chi connectivity index (χ0v) is 11.3. The summed E-state index contributed by atoms with van der Waals surface area (Å²) in [5.41, 5.74) is 0.107. The molecule has 1 aromatic heterocycles. The van der Waals surface area contributed by atoms with Crippen molar-refractivity contribution in [1.82, 2.24) is 9.97 Å². The molecule has 0 radical (unpaired) electrons. The van der Waals surface area contributed by atoms with E-state index < -0.39 is 5.97 Å². The second kappa shape index (κ2) is 5.58. The van der Waals surface area contributed by atoms with Gasteiger partial charge in [-0.15, -0.1) is 0 Å². The summed E-state index contributed by atoms with van der Waals surface area (Å²) in [6.07, 6.45) is 2.79. The van der Waals surface area contributed by atoms with E-state index in [1.54, 1.807) is 0 Å². The molecule has 0 N–H and O–H groups in total. The van der Waals surface area contributed by atoms with Crippen LogP contribution in [0.5, 0.6) is 11.6 Å². The third-order valence-electron chi connectivity index (χ3n) is 2.97. The van der Waals surface area contributed by atoms with E-state index in [0.717, 1.165) is 10.8 Å². The van der Waals surface area contributed by atoms with Gasteiger partial charge in [-0.25, -0.2) is 9.78 Å². The van der Waals surface area contributed by atoms with Gasteiger partial charge in [0.2, 0.25) is 5.88 Å². The van der Waals surface area contributed by atoms with Crippen LogP contribution in [0, 0.1) is 0 Å².